The quantitative estimate of drug-likeness (QED) is 0.757. The smallest absolute Gasteiger partial charge is 0.322 e. The van der Waals surface area contributed by atoms with Crippen LogP contribution in [-0.4, -0.2) is 48.3 Å². The Morgan fingerprint density at radius 1 is 1.31 bits per heavy atom. The molecule has 1 saturated heterocycles. The Labute approximate surface area is 152 Å². The fraction of sp³-hybridized carbons (Fsp3) is 0.412. The number of Topliss-reactive ketones (excluding diaryl/α,β-unsaturated/α-hetero) is 2. The number of ether oxygens (including phenoxy) is 1. The molecule has 2 N–H and O–H groups in total. The van der Waals surface area contributed by atoms with Crippen molar-refractivity contribution in [2.75, 3.05) is 19.8 Å². The SMILES string of the molecule is O=C(O)CNC(=O)C1C(=O)c2cc(F)c(Cl)cc2C2(CCOCC2)C1=O. The average Bonchev–Trinajstić information content (AvgIpc) is 2.61. The van der Waals surface area contributed by atoms with Gasteiger partial charge in [0.15, 0.2) is 17.5 Å². The summed E-state index contributed by atoms with van der Waals surface area (Å²) in [4.78, 5) is 48.9. The number of amides is 1. The molecule has 2 aliphatic rings. The number of rotatable bonds is 3. The lowest BCUT2D eigenvalue weighted by Gasteiger charge is -2.42. The highest BCUT2D eigenvalue weighted by molar-refractivity contribution is 6.32. The molecule has 0 bridgehead atoms. The Morgan fingerprint density at radius 2 is 1.96 bits per heavy atom. The minimum atomic E-state index is -1.72. The van der Waals surface area contributed by atoms with E-state index in [1.165, 1.54) is 6.07 Å². The van der Waals surface area contributed by atoms with Crippen LogP contribution < -0.4 is 5.32 Å². The summed E-state index contributed by atoms with van der Waals surface area (Å²) >= 11 is 5.85. The monoisotopic (exact) mass is 383 g/mol. The number of nitrogens with one attached hydrogen (secondary N) is 1. The van der Waals surface area contributed by atoms with Gasteiger partial charge in [-0.3, -0.25) is 19.2 Å². The molecular formula is C17H15ClFNO6. The molecule has 1 aromatic rings. The standard InChI is InChI=1S/C17H15ClFNO6/c18-10-6-9-8(5-11(10)19)14(23)13(16(25)20-7-12(21)22)15(24)17(9)1-3-26-4-2-17/h5-6,13H,1-4,7H2,(H,20,25)(H,21,22). The van der Waals surface area contributed by atoms with Gasteiger partial charge in [-0.1, -0.05) is 11.6 Å². The van der Waals surface area contributed by atoms with Crippen molar-refractivity contribution in [3.63, 3.8) is 0 Å². The van der Waals surface area contributed by atoms with Gasteiger partial charge in [-0.2, -0.15) is 0 Å². The minimum Gasteiger partial charge on any atom is -0.480 e. The van der Waals surface area contributed by atoms with E-state index in [0.29, 0.717) is 5.56 Å². The molecule has 1 aromatic carbocycles. The Hall–Kier alpha value is -2.32. The third kappa shape index (κ3) is 2.89. The van der Waals surface area contributed by atoms with Crippen molar-refractivity contribution >= 4 is 35.0 Å². The topological polar surface area (TPSA) is 110 Å². The zero-order valence-corrected chi connectivity index (χ0v) is 14.3. The van der Waals surface area contributed by atoms with E-state index in [-0.39, 0.29) is 36.6 Å². The summed E-state index contributed by atoms with van der Waals surface area (Å²) in [6.07, 6.45) is 0.438. The lowest BCUT2D eigenvalue weighted by molar-refractivity contribution is -0.142. The van der Waals surface area contributed by atoms with Crippen molar-refractivity contribution in [2.45, 2.75) is 18.3 Å². The molecule has 0 radical (unpaired) electrons. The van der Waals surface area contributed by atoms with Crippen LogP contribution in [0.2, 0.25) is 5.02 Å². The number of carboxylic acids is 1. The third-order valence-electron chi connectivity index (χ3n) is 4.86. The summed E-state index contributed by atoms with van der Waals surface area (Å²) in [6.45, 7) is -0.260. The van der Waals surface area contributed by atoms with E-state index in [2.05, 4.69) is 5.32 Å². The highest BCUT2D eigenvalue weighted by Gasteiger charge is 2.54. The Morgan fingerprint density at radius 3 is 2.58 bits per heavy atom. The van der Waals surface area contributed by atoms with E-state index in [1.807, 2.05) is 0 Å². The number of carboxylic acid groups (broad SMARTS) is 1. The van der Waals surface area contributed by atoms with Crippen LogP contribution in [0, 0.1) is 11.7 Å². The van der Waals surface area contributed by atoms with Crippen LogP contribution >= 0.6 is 11.6 Å². The largest absolute Gasteiger partial charge is 0.480 e. The van der Waals surface area contributed by atoms with Crippen LogP contribution in [0.5, 0.6) is 0 Å². The Kier molecular flexibility index (Phi) is 4.81. The van der Waals surface area contributed by atoms with Gasteiger partial charge in [0.1, 0.15) is 12.4 Å². The second kappa shape index (κ2) is 6.77. The number of carbonyl (C=O) groups is 4. The summed E-state index contributed by atoms with van der Waals surface area (Å²) in [6, 6.07) is 2.19. The molecule has 0 aromatic heterocycles. The molecule has 1 aliphatic carbocycles. The number of carbonyl (C=O) groups excluding carboxylic acids is 3. The number of ketones is 2. The second-order valence-electron chi connectivity index (χ2n) is 6.28. The maximum Gasteiger partial charge on any atom is 0.322 e. The zero-order chi connectivity index (χ0) is 19.1. The molecule has 1 fully saturated rings. The fourth-order valence-corrected chi connectivity index (χ4v) is 3.73. The number of hydrogen-bond donors (Lipinski definition) is 2. The summed E-state index contributed by atoms with van der Waals surface area (Å²) < 4.78 is 19.2. The van der Waals surface area contributed by atoms with Crippen LogP contribution in [-0.2, 0) is 24.5 Å². The summed E-state index contributed by atoms with van der Waals surface area (Å²) in [7, 11) is 0. The van der Waals surface area contributed by atoms with Crippen molar-refractivity contribution in [2.24, 2.45) is 5.92 Å². The molecule has 1 amide bonds. The Bertz CT molecular complexity index is 818. The summed E-state index contributed by atoms with van der Waals surface area (Å²) in [5, 5.41) is 10.5. The molecule has 1 spiro atoms. The van der Waals surface area contributed by atoms with Gasteiger partial charge in [0.2, 0.25) is 5.91 Å². The number of halogens is 2. The van der Waals surface area contributed by atoms with Crippen LogP contribution in [0.1, 0.15) is 28.8 Å². The van der Waals surface area contributed by atoms with Gasteiger partial charge < -0.3 is 15.2 Å². The third-order valence-corrected chi connectivity index (χ3v) is 5.15. The minimum absolute atomic E-state index is 0.0797. The average molecular weight is 384 g/mol. The molecule has 1 atom stereocenters. The molecular weight excluding hydrogens is 369 g/mol. The van der Waals surface area contributed by atoms with Gasteiger partial charge in [0.05, 0.1) is 10.4 Å². The van der Waals surface area contributed by atoms with Gasteiger partial charge in [-0.15, -0.1) is 0 Å². The highest BCUT2D eigenvalue weighted by atomic mass is 35.5. The van der Waals surface area contributed by atoms with Crippen molar-refractivity contribution in [3.8, 4) is 0 Å². The molecule has 1 heterocycles. The lowest BCUT2D eigenvalue weighted by Crippen LogP contribution is -2.55. The first-order valence-corrected chi connectivity index (χ1v) is 8.31. The number of hydrogen-bond acceptors (Lipinski definition) is 5. The number of benzene rings is 1. The predicted octanol–water partition coefficient (Wildman–Crippen LogP) is 1.11. The maximum absolute atomic E-state index is 13.9. The van der Waals surface area contributed by atoms with Crippen molar-refractivity contribution in [1.29, 1.82) is 0 Å². The van der Waals surface area contributed by atoms with Crippen molar-refractivity contribution in [3.05, 3.63) is 34.1 Å². The first kappa shape index (κ1) is 18.5. The lowest BCUT2D eigenvalue weighted by atomic mass is 9.61. The summed E-state index contributed by atoms with van der Waals surface area (Å²) in [5.41, 5.74) is -0.974. The van der Waals surface area contributed by atoms with Crippen LogP contribution in [0.25, 0.3) is 0 Å². The van der Waals surface area contributed by atoms with Crippen LogP contribution in [0.4, 0.5) is 4.39 Å². The molecule has 138 valence electrons. The van der Waals surface area contributed by atoms with Gasteiger partial charge in [-0.05, 0) is 30.5 Å². The first-order chi connectivity index (χ1) is 12.3. The fourth-order valence-electron chi connectivity index (χ4n) is 3.57. The normalized spacial score (nSPS) is 21.4. The second-order valence-corrected chi connectivity index (χ2v) is 6.69. The van der Waals surface area contributed by atoms with E-state index in [0.717, 1.165) is 6.07 Å². The van der Waals surface area contributed by atoms with Gasteiger partial charge in [0, 0.05) is 18.8 Å². The predicted molar refractivity (Wildman–Crippen MR) is 86.6 cm³/mol. The van der Waals surface area contributed by atoms with Gasteiger partial charge in [0.25, 0.3) is 0 Å². The molecule has 1 aliphatic heterocycles. The Balaban J connectivity index is 2.11. The van der Waals surface area contributed by atoms with Crippen LogP contribution in [0.15, 0.2) is 12.1 Å². The molecule has 1 unspecified atom stereocenters. The summed E-state index contributed by atoms with van der Waals surface area (Å²) in [5.74, 6) is -6.37. The van der Waals surface area contributed by atoms with Gasteiger partial charge in [-0.25, -0.2) is 4.39 Å². The molecule has 0 saturated carbocycles. The van der Waals surface area contributed by atoms with Crippen molar-refractivity contribution < 1.29 is 33.4 Å². The first-order valence-electron chi connectivity index (χ1n) is 7.93. The van der Waals surface area contributed by atoms with E-state index in [9.17, 15) is 23.6 Å². The highest BCUT2D eigenvalue weighted by Crippen LogP contribution is 2.45. The van der Waals surface area contributed by atoms with E-state index >= 15 is 0 Å². The zero-order valence-electron chi connectivity index (χ0n) is 13.5. The van der Waals surface area contributed by atoms with E-state index in [1.54, 1.807) is 0 Å². The maximum atomic E-state index is 13.9. The molecule has 26 heavy (non-hydrogen) atoms. The van der Waals surface area contributed by atoms with Crippen LogP contribution in [0.3, 0.4) is 0 Å². The van der Waals surface area contributed by atoms with E-state index in [4.69, 9.17) is 21.4 Å². The molecule has 9 heteroatoms. The molecule has 3 rings (SSSR count). The number of fused-ring (bicyclic) bond motifs is 2. The van der Waals surface area contributed by atoms with Crippen molar-refractivity contribution in [1.82, 2.24) is 5.32 Å². The van der Waals surface area contributed by atoms with E-state index < -0.39 is 47.1 Å². The molecule has 7 nitrogen and oxygen atoms in total. The number of aliphatic carboxylic acids is 1. The van der Waals surface area contributed by atoms with Gasteiger partial charge >= 0.3 is 5.97 Å².